The molecule has 13 heavy (non-hydrogen) atoms. The van der Waals surface area contributed by atoms with Crippen LogP contribution in [0.25, 0.3) is 0 Å². The van der Waals surface area contributed by atoms with Crippen molar-refractivity contribution in [2.75, 3.05) is 26.7 Å². The molecule has 0 rings (SSSR count). The number of rotatable bonds is 5. The number of likely N-dealkylation sites (N-methyl/N-ethyl adjacent to an activating group) is 1. The van der Waals surface area contributed by atoms with Crippen LogP contribution >= 0.6 is 0 Å². The fourth-order valence-electron chi connectivity index (χ4n) is 0.860. The minimum absolute atomic E-state index is 0.0595. The predicted octanol–water partition coefficient (Wildman–Crippen LogP) is 1.65. The molecule has 0 aliphatic rings. The molecular formula is C10H20N2O. The lowest BCUT2D eigenvalue weighted by molar-refractivity contribution is -0.0105. The Labute approximate surface area is 81.3 Å². The third kappa shape index (κ3) is 9.32. The third-order valence-electron chi connectivity index (χ3n) is 1.61. The Morgan fingerprint density at radius 2 is 1.92 bits per heavy atom. The maximum absolute atomic E-state index is 8.36. The van der Waals surface area contributed by atoms with Crippen molar-refractivity contribution < 1.29 is 4.74 Å². The van der Waals surface area contributed by atoms with Crippen LogP contribution < -0.4 is 0 Å². The van der Waals surface area contributed by atoms with E-state index in [0.717, 1.165) is 19.7 Å². The molecule has 0 radical (unpaired) electrons. The van der Waals surface area contributed by atoms with Gasteiger partial charge in [-0.2, -0.15) is 5.26 Å². The standard InChI is InChI=1S/C10H20N2O/c1-10(2,3)13-9-8-12(4)7-5-6-11/h5,7-9H2,1-4H3. The van der Waals surface area contributed by atoms with E-state index in [9.17, 15) is 0 Å². The first kappa shape index (κ1) is 12.4. The predicted molar refractivity (Wildman–Crippen MR) is 53.4 cm³/mol. The Hall–Kier alpha value is -0.590. The van der Waals surface area contributed by atoms with E-state index in [1.807, 2.05) is 27.8 Å². The molecule has 0 aliphatic heterocycles. The zero-order valence-corrected chi connectivity index (χ0v) is 9.13. The van der Waals surface area contributed by atoms with Crippen molar-refractivity contribution in [3.05, 3.63) is 0 Å². The van der Waals surface area contributed by atoms with Gasteiger partial charge in [0.25, 0.3) is 0 Å². The van der Waals surface area contributed by atoms with Crippen molar-refractivity contribution in [3.63, 3.8) is 0 Å². The highest BCUT2D eigenvalue weighted by Gasteiger charge is 2.09. The lowest BCUT2D eigenvalue weighted by Gasteiger charge is -2.22. The molecule has 0 bridgehead atoms. The molecule has 0 saturated heterocycles. The van der Waals surface area contributed by atoms with Gasteiger partial charge in [0.05, 0.1) is 18.3 Å². The SMILES string of the molecule is CN(CCC#N)CCOC(C)(C)C. The summed E-state index contributed by atoms with van der Waals surface area (Å²) in [7, 11) is 2.00. The highest BCUT2D eigenvalue weighted by Crippen LogP contribution is 2.05. The highest BCUT2D eigenvalue weighted by atomic mass is 16.5. The minimum Gasteiger partial charge on any atom is -0.375 e. The molecule has 0 amide bonds. The summed E-state index contributed by atoms with van der Waals surface area (Å²) in [6.45, 7) is 8.57. The molecule has 0 aromatic rings. The van der Waals surface area contributed by atoms with Crippen molar-refractivity contribution in [2.45, 2.75) is 32.8 Å². The Kier molecular flexibility index (Phi) is 5.68. The molecule has 76 valence electrons. The Bertz CT molecular complexity index is 167. The first-order valence-electron chi connectivity index (χ1n) is 4.65. The summed E-state index contributed by atoms with van der Waals surface area (Å²) >= 11 is 0. The second-order valence-electron chi connectivity index (χ2n) is 4.17. The molecule has 0 saturated carbocycles. The summed E-state index contributed by atoms with van der Waals surface area (Å²) in [6, 6.07) is 2.12. The number of hydrogen-bond acceptors (Lipinski definition) is 3. The van der Waals surface area contributed by atoms with E-state index < -0.39 is 0 Å². The molecule has 0 heterocycles. The molecule has 0 aliphatic carbocycles. The average Bonchev–Trinajstić information content (AvgIpc) is 1.98. The van der Waals surface area contributed by atoms with Gasteiger partial charge in [0.2, 0.25) is 0 Å². The van der Waals surface area contributed by atoms with Gasteiger partial charge in [-0.1, -0.05) is 0 Å². The summed E-state index contributed by atoms with van der Waals surface area (Å²) in [6.07, 6.45) is 0.589. The van der Waals surface area contributed by atoms with Gasteiger partial charge in [0, 0.05) is 19.5 Å². The topological polar surface area (TPSA) is 36.3 Å². The van der Waals surface area contributed by atoms with E-state index >= 15 is 0 Å². The number of hydrogen-bond donors (Lipinski definition) is 0. The number of nitrogens with zero attached hydrogens (tertiary/aromatic N) is 2. The van der Waals surface area contributed by atoms with Gasteiger partial charge >= 0.3 is 0 Å². The zero-order chi connectivity index (χ0) is 10.3. The van der Waals surface area contributed by atoms with Gasteiger partial charge in [0.1, 0.15) is 0 Å². The van der Waals surface area contributed by atoms with Gasteiger partial charge in [-0.05, 0) is 27.8 Å². The van der Waals surface area contributed by atoms with Gasteiger partial charge in [-0.25, -0.2) is 0 Å². The number of ether oxygens (including phenoxy) is 1. The molecular weight excluding hydrogens is 164 g/mol. The van der Waals surface area contributed by atoms with E-state index in [0.29, 0.717) is 6.42 Å². The van der Waals surface area contributed by atoms with Crippen LogP contribution in [0.4, 0.5) is 0 Å². The van der Waals surface area contributed by atoms with Crippen molar-refractivity contribution in [3.8, 4) is 6.07 Å². The van der Waals surface area contributed by atoms with Crippen LogP contribution in [0.1, 0.15) is 27.2 Å². The Morgan fingerprint density at radius 3 is 2.38 bits per heavy atom. The maximum Gasteiger partial charge on any atom is 0.0635 e. The van der Waals surface area contributed by atoms with Crippen LogP contribution in [0.15, 0.2) is 0 Å². The van der Waals surface area contributed by atoms with E-state index in [-0.39, 0.29) is 5.60 Å². The van der Waals surface area contributed by atoms with Crippen LogP contribution in [0.2, 0.25) is 0 Å². The van der Waals surface area contributed by atoms with E-state index in [2.05, 4.69) is 11.0 Å². The number of nitriles is 1. The van der Waals surface area contributed by atoms with Crippen LogP contribution in [0.3, 0.4) is 0 Å². The minimum atomic E-state index is -0.0595. The second-order valence-corrected chi connectivity index (χ2v) is 4.17. The van der Waals surface area contributed by atoms with Crippen LogP contribution in [0, 0.1) is 11.3 Å². The molecule has 3 heteroatoms. The van der Waals surface area contributed by atoms with Gasteiger partial charge in [-0.3, -0.25) is 0 Å². The van der Waals surface area contributed by atoms with Crippen LogP contribution in [0.5, 0.6) is 0 Å². The molecule has 0 aromatic carbocycles. The van der Waals surface area contributed by atoms with Crippen molar-refractivity contribution in [1.29, 1.82) is 5.26 Å². The maximum atomic E-state index is 8.36. The highest BCUT2D eigenvalue weighted by molar-refractivity contribution is 4.70. The quantitative estimate of drug-likeness (QED) is 0.651. The molecule has 0 fully saturated rings. The normalized spacial score (nSPS) is 11.7. The molecule has 0 aromatic heterocycles. The summed E-state index contributed by atoms with van der Waals surface area (Å²) < 4.78 is 5.56. The smallest absolute Gasteiger partial charge is 0.0635 e. The lowest BCUT2D eigenvalue weighted by Crippen LogP contribution is -2.28. The fourth-order valence-corrected chi connectivity index (χ4v) is 0.860. The largest absolute Gasteiger partial charge is 0.375 e. The summed E-state index contributed by atoms with van der Waals surface area (Å²) in [5.41, 5.74) is -0.0595. The second kappa shape index (κ2) is 5.95. The molecule has 0 spiro atoms. The average molecular weight is 184 g/mol. The van der Waals surface area contributed by atoms with Gasteiger partial charge < -0.3 is 9.64 Å². The molecule has 0 unspecified atom stereocenters. The molecule has 0 N–H and O–H groups in total. The van der Waals surface area contributed by atoms with Gasteiger partial charge in [0.15, 0.2) is 0 Å². The van der Waals surface area contributed by atoms with Gasteiger partial charge in [-0.15, -0.1) is 0 Å². The first-order chi connectivity index (χ1) is 5.95. The van der Waals surface area contributed by atoms with Crippen LogP contribution in [-0.2, 0) is 4.74 Å². The zero-order valence-electron chi connectivity index (χ0n) is 9.13. The first-order valence-corrected chi connectivity index (χ1v) is 4.65. The van der Waals surface area contributed by atoms with Crippen molar-refractivity contribution in [2.24, 2.45) is 0 Å². The summed E-state index contributed by atoms with van der Waals surface area (Å²) in [5.74, 6) is 0. The Balaban J connectivity index is 3.38. The van der Waals surface area contributed by atoms with Crippen molar-refractivity contribution in [1.82, 2.24) is 4.90 Å². The lowest BCUT2D eigenvalue weighted by atomic mass is 10.2. The van der Waals surface area contributed by atoms with E-state index in [1.54, 1.807) is 0 Å². The monoisotopic (exact) mass is 184 g/mol. The fraction of sp³-hybridized carbons (Fsp3) is 0.900. The van der Waals surface area contributed by atoms with Crippen molar-refractivity contribution >= 4 is 0 Å². The summed E-state index contributed by atoms with van der Waals surface area (Å²) in [5, 5.41) is 8.36. The van der Waals surface area contributed by atoms with E-state index in [1.165, 1.54) is 0 Å². The molecule has 0 atom stereocenters. The van der Waals surface area contributed by atoms with Crippen LogP contribution in [-0.4, -0.2) is 37.2 Å². The molecule has 3 nitrogen and oxygen atoms in total. The third-order valence-corrected chi connectivity index (χ3v) is 1.61. The Morgan fingerprint density at radius 1 is 1.31 bits per heavy atom. The van der Waals surface area contributed by atoms with E-state index in [4.69, 9.17) is 10.00 Å². The summed E-state index contributed by atoms with van der Waals surface area (Å²) in [4.78, 5) is 2.11.